The second kappa shape index (κ2) is 6.72. The van der Waals surface area contributed by atoms with Crippen molar-refractivity contribution in [3.05, 3.63) is 48.3 Å². The van der Waals surface area contributed by atoms with Crippen LogP contribution in [-0.2, 0) is 11.3 Å². The third kappa shape index (κ3) is 3.36. The van der Waals surface area contributed by atoms with Gasteiger partial charge in [0.1, 0.15) is 0 Å². The molecule has 2 rings (SSSR count). The fourth-order valence-electron chi connectivity index (χ4n) is 1.87. The van der Waals surface area contributed by atoms with Crippen molar-refractivity contribution in [2.24, 2.45) is 5.84 Å². The maximum absolute atomic E-state index is 11.9. The highest BCUT2D eigenvalue weighted by atomic mass is 16.5. The van der Waals surface area contributed by atoms with Crippen molar-refractivity contribution >= 4 is 5.91 Å². The summed E-state index contributed by atoms with van der Waals surface area (Å²) in [7, 11) is 0. The van der Waals surface area contributed by atoms with Gasteiger partial charge in [-0.15, -0.1) is 0 Å². The molecule has 0 fully saturated rings. The van der Waals surface area contributed by atoms with Gasteiger partial charge in [0.2, 0.25) is 6.10 Å². The number of benzene rings is 1. The number of hydrazine groups is 1. The number of aryl methyl sites for hydroxylation is 1. The normalized spacial score (nSPS) is 11.9. The topological polar surface area (TPSA) is 82.2 Å². The molecule has 1 unspecified atom stereocenters. The van der Waals surface area contributed by atoms with Crippen LogP contribution in [0.3, 0.4) is 0 Å². The Hall–Kier alpha value is -2.34. The molecule has 1 atom stereocenters. The van der Waals surface area contributed by atoms with E-state index in [1.807, 2.05) is 30.3 Å². The summed E-state index contributed by atoms with van der Waals surface area (Å²) in [5.74, 6) is 5.35. The largest absolute Gasteiger partial charge is 0.472 e. The molecular formula is C14H18N4O2. The molecule has 0 radical (unpaired) electrons. The van der Waals surface area contributed by atoms with Crippen LogP contribution in [-0.4, -0.2) is 15.7 Å². The van der Waals surface area contributed by atoms with E-state index in [2.05, 4.69) is 17.4 Å². The van der Waals surface area contributed by atoms with Crippen molar-refractivity contribution < 1.29 is 9.53 Å². The molecule has 6 nitrogen and oxygen atoms in total. The van der Waals surface area contributed by atoms with Gasteiger partial charge in [0, 0.05) is 12.1 Å². The highest BCUT2D eigenvalue weighted by molar-refractivity contribution is 5.81. The molecule has 3 N–H and O–H groups in total. The van der Waals surface area contributed by atoms with Gasteiger partial charge in [-0.2, -0.15) is 5.10 Å². The van der Waals surface area contributed by atoms with Crippen LogP contribution in [0.25, 0.3) is 0 Å². The van der Waals surface area contributed by atoms with Gasteiger partial charge in [-0.3, -0.25) is 14.9 Å². The molecule has 20 heavy (non-hydrogen) atoms. The van der Waals surface area contributed by atoms with E-state index in [1.54, 1.807) is 17.1 Å². The summed E-state index contributed by atoms with van der Waals surface area (Å²) >= 11 is 0. The Bertz CT molecular complexity index is 553. The van der Waals surface area contributed by atoms with E-state index in [-0.39, 0.29) is 0 Å². The van der Waals surface area contributed by atoms with Gasteiger partial charge in [-0.1, -0.05) is 37.3 Å². The maximum atomic E-state index is 11.9. The summed E-state index contributed by atoms with van der Waals surface area (Å²) < 4.78 is 7.48. The van der Waals surface area contributed by atoms with Gasteiger partial charge in [-0.25, -0.2) is 5.84 Å². The van der Waals surface area contributed by atoms with Gasteiger partial charge >= 0.3 is 0 Å². The van der Waals surface area contributed by atoms with E-state index in [0.29, 0.717) is 5.75 Å². The van der Waals surface area contributed by atoms with Crippen molar-refractivity contribution in [2.45, 2.75) is 26.0 Å². The lowest BCUT2D eigenvalue weighted by molar-refractivity contribution is -0.128. The number of ether oxygens (including phenoxy) is 1. The zero-order chi connectivity index (χ0) is 14.4. The van der Waals surface area contributed by atoms with Crippen molar-refractivity contribution in [3.8, 4) is 5.75 Å². The third-order valence-corrected chi connectivity index (χ3v) is 2.80. The second-order valence-electron chi connectivity index (χ2n) is 4.36. The van der Waals surface area contributed by atoms with Crippen LogP contribution < -0.4 is 16.0 Å². The summed E-state index contributed by atoms with van der Waals surface area (Å²) in [4.78, 5) is 11.9. The molecule has 0 aliphatic rings. The van der Waals surface area contributed by atoms with Crippen molar-refractivity contribution in [1.29, 1.82) is 0 Å². The Labute approximate surface area is 117 Å². The molecule has 6 heteroatoms. The summed E-state index contributed by atoms with van der Waals surface area (Å²) in [6, 6.07) is 9.19. The first kappa shape index (κ1) is 14.1. The first-order valence-electron chi connectivity index (χ1n) is 6.49. The van der Waals surface area contributed by atoms with Crippen LogP contribution in [0, 0.1) is 0 Å². The van der Waals surface area contributed by atoms with E-state index >= 15 is 0 Å². The summed E-state index contributed by atoms with van der Waals surface area (Å²) in [6.07, 6.45) is 3.55. The lowest BCUT2D eigenvalue weighted by Gasteiger charge is -2.16. The monoisotopic (exact) mass is 274 g/mol. The maximum Gasteiger partial charge on any atom is 0.279 e. The lowest BCUT2D eigenvalue weighted by Crippen LogP contribution is -2.37. The number of hydrogen-bond acceptors (Lipinski definition) is 4. The number of hydrogen-bond donors (Lipinski definition) is 2. The molecule has 1 amide bonds. The Balaban J connectivity index is 2.17. The fourth-order valence-corrected chi connectivity index (χ4v) is 1.87. The molecule has 0 saturated carbocycles. The molecule has 0 bridgehead atoms. The van der Waals surface area contributed by atoms with E-state index in [4.69, 9.17) is 10.6 Å². The number of nitrogens with one attached hydrogen (secondary N) is 1. The smallest absolute Gasteiger partial charge is 0.279 e. The molecule has 106 valence electrons. The SMILES string of the molecule is CCCn1cc(OC(C(=O)NN)c2ccccc2)cn1. The average Bonchev–Trinajstić information content (AvgIpc) is 2.93. The third-order valence-electron chi connectivity index (χ3n) is 2.80. The minimum Gasteiger partial charge on any atom is -0.472 e. The first-order chi connectivity index (χ1) is 9.74. The summed E-state index contributed by atoms with van der Waals surface area (Å²) in [6.45, 7) is 2.87. The van der Waals surface area contributed by atoms with E-state index in [1.165, 1.54) is 0 Å². The predicted octanol–water partition coefficient (Wildman–Crippen LogP) is 1.40. The first-order valence-corrected chi connectivity index (χ1v) is 6.49. The van der Waals surface area contributed by atoms with Crippen LogP contribution in [0.5, 0.6) is 5.75 Å². The standard InChI is InChI=1S/C14H18N4O2/c1-2-8-18-10-12(9-16-18)20-13(14(19)17-15)11-6-4-3-5-7-11/h3-7,9-10,13H,2,8,15H2,1H3,(H,17,19). The molecule has 0 aliphatic carbocycles. The van der Waals surface area contributed by atoms with Crippen molar-refractivity contribution in [3.63, 3.8) is 0 Å². The predicted molar refractivity (Wildman–Crippen MR) is 74.7 cm³/mol. The fraction of sp³-hybridized carbons (Fsp3) is 0.286. The molecule has 0 saturated heterocycles. The minimum absolute atomic E-state index is 0.403. The quantitative estimate of drug-likeness (QED) is 0.474. The number of amides is 1. The number of nitrogens with two attached hydrogens (primary N) is 1. The number of nitrogens with zero attached hydrogens (tertiary/aromatic N) is 2. The molecule has 2 aromatic rings. The number of carbonyl (C=O) groups is 1. The van der Waals surface area contributed by atoms with E-state index in [9.17, 15) is 4.79 Å². The highest BCUT2D eigenvalue weighted by Crippen LogP contribution is 2.21. The van der Waals surface area contributed by atoms with Gasteiger partial charge < -0.3 is 4.74 Å². The van der Waals surface area contributed by atoms with Crippen LogP contribution >= 0.6 is 0 Å². The average molecular weight is 274 g/mol. The molecular weight excluding hydrogens is 256 g/mol. The van der Waals surface area contributed by atoms with Crippen LogP contribution in [0.1, 0.15) is 25.0 Å². The van der Waals surface area contributed by atoms with Gasteiger partial charge in [0.05, 0.1) is 12.4 Å². The molecule has 0 spiro atoms. The van der Waals surface area contributed by atoms with Gasteiger partial charge in [0.15, 0.2) is 5.75 Å². The molecule has 1 heterocycles. The zero-order valence-electron chi connectivity index (χ0n) is 11.3. The molecule has 1 aromatic heterocycles. The Morgan fingerprint density at radius 2 is 2.20 bits per heavy atom. The number of aromatic nitrogens is 2. The summed E-state index contributed by atoms with van der Waals surface area (Å²) in [5, 5.41) is 4.17. The Morgan fingerprint density at radius 1 is 1.45 bits per heavy atom. The second-order valence-corrected chi connectivity index (χ2v) is 4.36. The van der Waals surface area contributed by atoms with Crippen LogP contribution in [0.15, 0.2) is 42.7 Å². The Kier molecular flexibility index (Phi) is 4.73. The van der Waals surface area contributed by atoms with Crippen LogP contribution in [0.4, 0.5) is 0 Å². The van der Waals surface area contributed by atoms with E-state index in [0.717, 1.165) is 18.5 Å². The van der Waals surface area contributed by atoms with Gasteiger partial charge in [0.25, 0.3) is 5.91 Å². The molecule has 0 aliphatic heterocycles. The zero-order valence-corrected chi connectivity index (χ0v) is 11.3. The van der Waals surface area contributed by atoms with Crippen molar-refractivity contribution in [2.75, 3.05) is 0 Å². The number of rotatable bonds is 6. The van der Waals surface area contributed by atoms with E-state index < -0.39 is 12.0 Å². The highest BCUT2D eigenvalue weighted by Gasteiger charge is 2.22. The van der Waals surface area contributed by atoms with Crippen LogP contribution in [0.2, 0.25) is 0 Å². The van der Waals surface area contributed by atoms with Gasteiger partial charge in [-0.05, 0) is 6.42 Å². The van der Waals surface area contributed by atoms with Crippen molar-refractivity contribution in [1.82, 2.24) is 15.2 Å². The lowest BCUT2D eigenvalue weighted by atomic mass is 10.1. The number of carbonyl (C=O) groups excluding carboxylic acids is 1. The Morgan fingerprint density at radius 3 is 2.85 bits per heavy atom. The summed E-state index contributed by atoms with van der Waals surface area (Å²) in [5.41, 5.74) is 2.86. The minimum atomic E-state index is -0.791. The molecule has 1 aromatic carbocycles.